The second-order valence-electron chi connectivity index (χ2n) is 10.2. The Morgan fingerprint density at radius 2 is 1.81 bits per heavy atom. The molecule has 2 amide bonds. The lowest BCUT2D eigenvalue weighted by molar-refractivity contribution is 0.0493. The molecule has 0 bridgehead atoms. The molecule has 2 aromatic rings. The maximum atomic E-state index is 13.0. The highest BCUT2D eigenvalue weighted by Crippen LogP contribution is 2.31. The Balaban J connectivity index is 1.21. The van der Waals surface area contributed by atoms with Crippen molar-refractivity contribution in [3.63, 3.8) is 0 Å². The highest BCUT2D eigenvalue weighted by molar-refractivity contribution is 7.13. The summed E-state index contributed by atoms with van der Waals surface area (Å²) in [4.78, 5) is 46.2. The minimum atomic E-state index is -0.317. The summed E-state index contributed by atoms with van der Waals surface area (Å²) in [5, 5.41) is 4.03. The van der Waals surface area contributed by atoms with E-state index in [1.165, 1.54) is 11.3 Å². The van der Waals surface area contributed by atoms with E-state index >= 15 is 0 Å². The predicted octanol–water partition coefficient (Wildman–Crippen LogP) is 2.88. The SMILES string of the molecule is CC[C@H]1CN(c2nc(N)c(C(=O)NC3CC3)nc2Cl)CCN1C1CCN(C(=O)c2sc(C)nc2C)CC1. The fourth-order valence-electron chi connectivity index (χ4n) is 5.45. The first kappa shape index (κ1) is 26.1. The Morgan fingerprint density at radius 1 is 1.08 bits per heavy atom. The van der Waals surface area contributed by atoms with E-state index in [9.17, 15) is 9.59 Å². The average Bonchev–Trinajstić information content (AvgIpc) is 3.64. The topological polar surface area (TPSA) is 121 Å². The average molecular weight is 547 g/mol. The number of aryl methyl sites for hydroxylation is 2. The van der Waals surface area contributed by atoms with E-state index in [1.807, 2.05) is 18.7 Å². The number of carbonyl (C=O) groups is 2. The van der Waals surface area contributed by atoms with Crippen molar-refractivity contribution in [3.05, 3.63) is 26.4 Å². The summed E-state index contributed by atoms with van der Waals surface area (Å²) < 4.78 is 0. The molecule has 3 N–H and O–H groups in total. The monoisotopic (exact) mass is 546 g/mol. The van der Waals surface area contributed by atoms with Gasteiger partial charge in [0.15, 0.2) is 22.5 Å². The number of likely N-dealkylation sites (tertiary alicyclic amines) is 1. The van der Waals surface area contributed by atoms with Crippen molar-refractivity contribution in [3.8, 4) is 0 Å². The zero-order valence-electron chi connectivity index (χ0n) is 21.7. The highest BCUT2D eigenvalue weighted by atomic mass is 35.5. The summed E-state index contributed by atoms with van der Waals surface area (Å²) in [6.07, 6.45) is 4.86. The molecule has 3 aliphatic rings. The molecule has 2 aromatic heterocycles. The lowest BCUT2D eigenvalue weighted by atomic mass is 9.98. The van der Waals surface area contributed by atoms with Gasteiger partial charge in [-0.05, 0) is 46.0 Å². The molecule has 10 nitrogen and oxygen atoms in total. The highest BCUT2D eigenvalue weighted by Gasteiger charge is 2.36. The lowest BCUT2D eigenvalue weighted by Crippen LogP contribution is -2.58. The van der Waals surface area contributed by atoms with Crippen molar-refractivity contribution >= 4 is 46.4 Å². The molecular formula is C25H35ClN8O2S. The molecule has 5 rings (SSSR count). The second-order valence-corrected chi connectivity index (χ2v) is 11.8. The van der Waals surface area contributed by atoms with Gasteiger partial charge in [0, 0.05) is 50.8 Å². The van der Waals surface area contributed by atoms with E-state index < -0.39 is 0 Å². The van der Waals surface area contributed by atoms with Crippen LogP contribution in [0.2, 0.25) is 5.15 Å². The van der Waals surface area contributed by atoms with Crippen LogP contribution in [0, 0.1) is 13.8 Å². The molecule has 2 saturated heterocycles. The molecule has 37 heavy (non-hydrogen) atoms. The number of amides is 2. The quantitative estimate of drug-likeness (QED) is 0.567. The van der Waals surface area contributed by atoms with Gasteiger partial charge in [-0.2, -0.15) is 0 Å². The summed E-state index contributed by atoms with van der Waals surface area (Å²) in [5.41, 5.74) is 7.05. The number of nitrogens with one attached hydrogen (secondary N) is 1. The number of nitrogens with zero attached hydrogens (tertiary/aromatic N) is 6. The van der Waals surface area contributed by atoms with Crippen molar-refractivity contribution in [1.82, 2.24) is 30.1 Å². The van der Waals surface area contributed by atoms with Crippen LogP contribution < -0.4 is 16.0 Å². The Labute approximate surface area is 226 Å². The van der Waals surface area contributed by atoms with Crippen molar-refractivity contribution in [2.75, 3.05) is 43.4 Å². The molecule has 1 saturated carbocycles. The summed E-state index contributed by atoms with van der Waals surface area (Å²) in [6, 6.07) is 0.960. The molecule has 0 aromatic carbocycles. The number of hydrogen-bond donors (Lipinski definition) is 2. The zero-order valence-corrected chi connectivity index (χ0v) is 23.2. The van der Waals surface area contributed by atoms with Crippen molar-refractivity contribution in [2.45, 2.75) is 71.0 Å². The Morgan fingerprint density at radius 3 is 2.43 bits per heavy atom. The smallest absolute Gasteiger partial charge is 0.274 e. The van der Waals surface area contributed by atoms with Gasteiger partial charge in [0.05, 0.1) is 10.7 Å². The lowest BCUT2D eigenvalue weighted by Gasteiger charge is -2.47. The Bertz CT molecular complexity index is 1180. The molecule has 200 valence electrons. The fraction of sp³-hybridized carbons (Fsp3) is 0.640. The van der Waals surface area contributed by atoms with Gasteiger partial charge in [0.25, 0.3) is 11.8 Å². The molecule has 0 spiro atoms. The molecule has 12 heteroatoms. The van der Waals surface area contributed by atoms with E-state index in [0.717, 1.165) is 80.4 Å². The number of rotatable bonds is 6. The van der Waals surface area contributed by atoms with Crippen LogP contribution in [0.5, 0.6) is 0 Å². The number of piperidine rings is 1. The number of aromatic nitrogens is 3. The van der Waals surface area contributed by atoms with Gasteiger partial charge in [-0.3, -0.25) is 14.5 Å². The van der Waals surface area contributed by atoms with E-state index in [0.29, 0.717) is 17.9 Å². The first-order valence-corrected chi connectivity index (χ1v) is 14.3. The molecule has 3 fully saturated rings. The summed E-state index contributed by atoms with van der Waals surface area (Å²) >= 11 is 8.00. The predicted molar refractivity (Wildman–Crippen MR) is 145 cm³/mol. The van der Waals surface area contributed by atoms with Gasteiger partial charge in [0.2, 0.25) is 0 Å². The first-order chi connectivity index (χ1) is 17.7. The van der Waals surface area contributed by atoms with E-state index in [-0.39, 0.29) is 34.5 Å². The number of thiazole rings is 1. The third-order valence-corrected chi connectivity index (χ3v) is 8.92. The fourth-order valence-corrected chi connectivity index (χ4v) is 6.58. The first-order valence-electron chi connectivity index (χ1n) is 13.1. The van der Waals surface area contributed by atoms with E-state index in [4.69, 9.17) is 17.3 Å². The minimum Gasteiger partial charge on any atom is -0.382 e. The van der Waals surface area contributed by atoms with Crippen molar-refractivity contribution in [2.24, 2.45) is 0 Å². The summed E-state index contributed by atoms with van der Waals surface area (Å²) in [7, 11) is 0. The standard InChI is InChI=1S/C25H35ClN8O2S/c1-4-17-13-33(23-21(26)30-19(22(27)31-23)24(35)29-16-5-6-16)11-12-34(17)18-7-9-32(10-8-18)25(36)20-14(2)28-15(3)37-20/h16-18H,4-13H2,1-3H3,(H2,27,31)(H,29,35)/t17-/m0/s1. The van der Waals surface area contributed by atoms with Gasteiger partial charge >= 0.3 is 0 Å². The van der Waals surface area contributed by atoms with Crippen LogP contribution in [0.4, 0.5) is 11.6 Å². The number of hydrogen-bond acceptors (Lipinski definition) is 9. The third kappa shape index (κ3) is 5.53. The van der Waals surface area contributed by atoms with E-state index in [1.54, 1.807) is 0 Å². The van der Waals surface area contributed by atoms with Crippen LogP contribution in [-0.4, -0.2) is 87.4 Å². The largest absolute Gasteiger partial charge is 0.382 e. The Hall–Kier alpha value is -2.50. The van der Waals surface area contributed by atoms with Crippen LogP contribution in [0.15, 0.2) is 0 Å². The minimum absolute atomic E-state index is 0.0938. The molecule has 1 aliphatic carbocycles. The normalized spacial score (nSPS) is 21.4. The van der Waals surface area contributed by atoms with E-state index in [2.05, 4.69) is 37.0 Å². The van der Waals surface area contributed by atoms with Gasteiger partial charge in [-0.1, -0.05) is 18.5 Å². The zero-order chi connectivity index (χ0) is 26.3. The summed E-state index contributed by atoms with van der Waals surface area (Å²) in [6.45, 7) is 9.94. The number of anilines is 2. The molecule has 4 heterocycles. The van der Waals surface area contributed by atoms with Crippen LogP contribution >= 0.6 is 22.9 Å². The number of carbonyl (C=O) groups excluding carboxylic acids is 2. The molecule has 1 atom stereocenters. The Kier molecular flexibility index (Phi) is 7.56. The van der Waals surface area contributed by atoms with Crippen LogP contribution in [0.1, 0.15) is 69.9 Å². The third-order valence-electron chi connectivity index (χ3n) is 7.61. The maximum absolute atomic E-state index is 13.0. The van der Waals surface area contributed by atoms with Gasteiger partial charge < -0.3 is 20.9 Å². The number of nitrogen functional groups attached to an aromatic ring is 1. The molecule has 2 aliphatic heterocycles. The van der Waals surface area contributed by atoms with Crippen LogP contribution in [-0.2, 0) is 0 Å². The van der Waals surface area contributed by atoms with Gasteiger partial charge in [-0.25, -0.2) is 15.0 Å². The number of piperazine rings is 1. The van der Waals surface area contributed by atoms with Crippen molar-refractivity contribution < 1.29 is 9.59 Å². The molecule has 0 radical (unpaired) electrons. The van der Waals surface area contributed by atoms with Crippen LogP contribution in [0.3, 0.4) is 0 Å². The number of halogens is 1. The maximum Gasteiger partial charge on any atom is 0.274 e. The van der Waals surface area contributed by atoms with Gasteiger partial charge in [-0.15, -0.1) is 11.3 Å². The molecule has 0 unspecified atom stereocenters. The van der Waals surface area contributed by atoms with Crippen molar-refractivity contribution in [1.29, 1.82) is 0 Å². The van der Waals surface area contributed by atoms with Crippen LogP contribution in [0.25, 0.3) is 0 Å². The van der Waals surface area contributed by atoms with Gasteiger partial charge in [0.1, 0.15) is 4.88 Å². The number of nitrogens with two attached hydrogens (primary N) is 1. The molecular weight excluding hydrogens is 512 g/mol. The summed E-state index contributed by atoms with van der Waals surface area (Å²) in [5.74, 6) is 0.438. The second kappa shape index (κ2) is 10.7.